The molecule has 1 amide bonds. The average Bonchev–Trinajstić information content (AvgIpc) is 3.45. The topological polar surface area (TPSA) is 168 Å². The van der Waals surface area contributed by atoms with E-state index in [-0.39, 0.29) is 17.9 Å². The Kier molecular flexibility index (Phi) is 11.6. The maximum absolute atomic E-state index is 12.2. The van der Waals surface area contributed by atoms with Crippen LogP contribution in [0.15, 0.2) is 77.8 Å². The van der Waals surface area contributed by atoms with Gasteiger partial charge in [-0.25, -0.2) is 13.9 Å². The Morgan fingerprint density at radius 3 is 2.19 bits per heavy atom. The van der Waals surface area contributed by atoms with E-state index in [1.165, 1.54) is 30.1 Å². The van der Waals surface area contributed by atoms with Crippen molar-refractivity contribution in [1.82, 2.24) is 20.2 Å². The van der Waals surface area contributed by atoms with Gasteiger partial charge in [-0.05, 0) is 68.3 Å². The molecule has 3 aromatic carbocycles. The molecule has 0 bridgehead atoms. The molecule has 2 heterocycles. The number of benzene rings is 3. The highest BCUT2D eigenvalue weighted by Crippen LogP contribution is 2.24. The summed E-state index contributed by atoms with van der Waals surface area (Å²) < 4.78 is 59.2. The second-order valence-electron chi connectivity index (χ2n) is 11.5. The zero-order valence-corrected chi connectivity index (χ0v) is 28.0. The fourth-order valence-electron chi connectivity index (χ4n) is 4.81. The van der Waals surface area contributed by atoms with Crippen molar-refractivity contribution in [2.45, 2.75) is 43.0 Å². The Morgan fingerprint density at radius 1 is 0.979 bits per heavy atom. The quantitative estimate of drug-likeness (QED) is 0.109. The molecule has 12 nitrogen and oxygen atoms in total. The summed E-state index contributed by atoms with van der Waals surface area (Å²) in [7, 11) is -7.79. The number of hydrogen-bond acceptors (Lipinski definition) is 9. The molecule has 1 saturated heterocycles. The lowest BCUT2D eigenvalue weighted by molar-refractivity contribution is -0.131. The van der Waals surface area contributed by atoms with Crippen LogP contribution in [0, 0.1) is 18.8 Å². The fourth-order valence-corrected chi connectivity index (χ4v) is 6.14. The second kappa shape index (κ2) is 15.2. The van der Waals surface area contributed by atoms with Crippen LogP contribution < -0.4 is 5.48 Å². The third kappa shape index (κ3) is 9.48. The van der Waals surface area contributed by atoms with Crippen LogP contribution in [0.5, 0.6) is 0 Å². The number of aryl methyl sites for hydroxylation is 2. The number of morpholine rings is 1. The summed E-state index contributed by atoms with van der Waals surface area (Å²) in [5, 5.41) is 14.2. The van der Waals surface area contributed by atoms with Crippen molar-refractivity contribution < 1.29 is 36.1 Å². The van der Waals surface area contributed by atoms with E-state index in [0.717, 1.165) is 66.7 Å². The molecule has 0 saturated carbocycles. The minimum atomic E-state index is -4.02. The van der Waals surface area contributed by atoms with E-state index in [9.17, 15) is 21.6 Å². The summed E-state index contributed by atoms with van der Waals surface area (Å²) in [6, 6.07) is 19.9. The van der Waals surface area contributed by atoms with Crippen molar-refractivity contribution in [3.63, 3.8) is 0 Å². The maximum atomic E-state index is 12.2. The normalized spacial score (nSPS) is 15.1. The molecule has 250 valence electrons. The molecule has 0 spiro atoms. The summed E-state index contributed by atoms with van der Waals surface area (Å²) in [6.45, 7) is 7.71. The molecular formula is C33H38N4O8S2. The summed E-state index contributed by atoms with van der Waals surface area (Å²) in [5.41, 5.74) is 6.23. The van der Waals surface area contributed by atoms with Crippen LogP contribution in [0.2, 0.25) is 0 Å². The number of carbonyl (C=O) groups is 1. The molecule has 0 aliphatic carbocycles. The molecule has 1 aliphatic rings. The van der Waals surface area contributed by atoms with Gasteiger partial charge in [-0.2, -0.15) is 13.5 Å². The van der Waals surface area contributed by atoms with Crippen LogP contribution in [0.3, 0.4) is 0 Å². The Labute approximate surface area is 275 Å². The van der Waals surface area contributed by atoms with Crippen molar-refractivity contribution in [2.75, 3.05) is 32.6 Å². The molecule has 14 heteroatoms. The number of hydrogen-bond donors (Lipinski definition) is 3. The number of rotatable bonds is 8. The third-order valence-electron chi connectivity index (χ3n) is 7.98. The first-order valence-electron chi connectivity index (χ1n) is 14.7. The van der Waals surface area contributed by atoms with Gasteiger partial charge in [0.25, 0.3) is 16.0 Å². The SMILES string of the molecule is C[C@@](CCn1ncc2cc(C#Cc3ccc(CN4CCOCC4)cc3)ccc21)(C(=O)NO)S(C)(=O)=O.Cc1ccc(S(=O)(=O)O)cc1. The van der Waals surface area contributed by atoms with E-state index >= 15 is 0 Å². The Balaban J connectivity index is 0.000000385. The van der Waals surface area contributed by atoms with E-state index in [1.54, 1.807) is 23.0 Å². The highest BCUT2D eigenvalue weighted by Gasteiger charge is 2.43. The standard InChI is InChI=1S/C26H30N4O5S.C7H8O3S/c1-26(25(31)28-32,36(2,33)34)11-12-30-24-10-9-21(17-23(24)18-27-30)6-3-20-4-7-22(8-5-20)19-29-13-15-35-16-14-29;1-6-2-4-7(5-3-6)11(8,9)10/h4-5,7-10,17-18,32H,11-16,19H2,1-2H3,(H,28,31);2-5H,1H3,(H,8,9,10)/t26-;/m1./s1. The number of amides is 1. The predicted molar refractivity (Wildman–Crippen MR) is 177 cm³/mol. The zero-order chi connectivity index (χ0) is 34.2. The Bertz CT molecular complexity index is 1980. The van der Waals surface area contributed by atoms with Gasteiger partial charge in [0, 0.05) is 48.9 Å². The van der Waals surface area contributed by atoms with Crippen LogP contribution in [-0.2, 0) is 42.6 Å². The van der Waals surface area contributed by atoms with Gasteiger partial charge in [0.05, 0.1) is 29.8 Å². The molecular weight excluding hydrogens is 645 g/mol. The number of ether oxygens (including phenoxy) is 1. The highest BCUT2D eigenvalue weighted by molar-refractivity contribution is 7.92. The highest BCUT2D eigenvalue weighted by atomic mass is 32.2. The van der Waals surface area contributed by atoms with Gasteiger partial charge in [-0.1, -0.05) is 41.7 Å². The number of nitrogens with zero attached hydrogens (tertiary/aromatic N) is 3. The summed E-state index contributed by atoms with van der Waals surface area (Å²) in [6.07, 6.45) is 2.62. The van der Waals surface area contributed by atoms with Crippen LogP contribution in [0.25, 0.3) is 10.9 Å². The molecule has 3 N–H and O–H groups in total. The monoisotopic (exact) mass is 682 g/mol. The van der Waals surface area contributed by atoms with Crippen molar-refractivity contribution in [3.05, 3.63) is 95.2 Å². The minimum Gasteiger partial charge on any atom is -0.379 e. The number of carbonyl (C=O) groups excluding carboxylic acids is 1. The summed E-state index contributed by atoms with van der Waals surface area (Å²) in [5.74, 6) is 5.42. The van der Waals surface area contributed by atoms with Gasteiger partial charge in [0.15, 0.2) is 14.6 Å². The van der Waals surface area contributed by atoms with Gasteiger partial charge < -0.3 is 4.74 Å². The predicted octanol–water partition coefficient (Wildman–Crippen LogP) is 3.21. The van der Waals surface area contributed by atoms with Gasteiger partial charge in [-0.15, -0.1) is 0 Å². The van der Waals surface area contributed by atoms with Crippen LogP contribution in [0.1, 0.15) is 35.6 Å². The molecule has 4 aromatic rings. The van der Waals surface area contributed by atoms with Crippen molar-refractivity contribution in [1.29, 1.82) is 0 Å². The zero-order valence-electron chi connectivity index (χ0n) is 26.4. The first kappa shape index (κ1) is 35.7. The largest absolute Gasteiger partial charge is 0.379 e. The molecule has 1 aliphatic heterocycles. The van der Waals surface area contributed by atoms with Gasteiger partial charge in [0.2, 0.25) is 0 Å². The molecule has 1 aromatic heterocycles. The molecule has 5 rings (SSSR count). The van der Waals surface area contributed by atoms with E-state index in [2.05, 4.69) is 34.0 Å². The van der Waals surface area contributed by atoms with Crippen molar-refractivity contribution in [3.8, 4) is 11.8 Å². The van der Waals surface area contributed by atoms with E-state index in [1.807, 2.05) is 37.3 Å². The molecule has 1 atom stereocenters. The van der Waals surface area contributed by atoms with E-state index in [4.69, 9.17) is 14.5 Å². The summed E-state index contributed by atoms with van der Waals surface area (Å²) in [4.78, 5) is 14.4. The number of sulfone groups is 1. The molecule has 0 radical (unpaired) electrons. The fraction of sp³-hybridized carbons (Fsp3) is 0.333. The lowest BCUT2D eigenvalue weighted by Crippen LogP contribution is -2.49. The van der Waals surface area contributed by atoms with Crippen molar-refractivity contribution >= 4 is 36.8 Å². The number of nitrogens with one attached hydrogen (secondary N) is 1. The van der Waals surface area contributed by atoms with Crippen molar-refractivity contribution in [2.24, 2.45) is 0 Å². The molecule has 1 fully saturated rings. The Morgan fingerprint density at radius 2 is 1.60 bits per heavy atom. The number of aromatic nitrogens is 2. The van der Waals surface area contributed by atoms with Gasteiger partial charge >= 0.3 is 0 Å². The average molecular weight is 683 g/mol. The maximum Gasteiger partial charge on any atom is 0.294 e. The lowest BCUT2D eigenvalue weighted by Gasteiger charge is -2.26. The van der Waals surface area contributed by atoms with Gasteiger partial charge in [0.1, 0.15) is 0 Å². The van der Waals surface area contributed by atoms with Gasteiger partial charge in [-0.3, -0.25) is 24.1 Å². The molecule has 0 unspecified atom stereocenters. The minimum absolute atomic E-state index is 0.0436. The molecule has 47 heavy (non-hydrogen) atoms. The van der Waals surface area contributed by atoms with E-state index in [0.29, 0.717) is 0 Å². The van der Waals surface area contributed by atoms with Crippen LogP contribution >= 0.6 is 0 Å². The number of hydroxylamine groups is 1. The smallest absolute Gasteiger partial charge is 0.294 e. The van der Waals surface area contributed by atoms with E-state index < -0.39 is 30.6 Å². The van der Waals surface area contributed by atoms with Crippen LogP contribution in [0.4, 0.5) is 0 Å². The Hall–Kier alpha value is -4.10. The third-order valence-corrected chi connectivity index (χ3v) is 10.9. The number of fused-ring (bicyclic) bond motifs is 1. The first-order chi connectivity index (χ1) is 22.2. The second-order valence-corrected chi connectivity index (χ2v) is 15.3. The lowest BCUT2D eigenvalue weighted by atomic mass is 10.1. The summed E-state index contributed by atoms with van der Waals surface area (Å²) >= 11 is 0. The van der Waals surface area contributed by atoms with Crippen LogP contribution in [-0.4, -0.2) is 84.5 Å². The first-order valence-corrected chi connectivity index (χ1v) is 18.1.